The predicted octanol–water partition coefficient (Wildman–Crippen LogP) is 4.46. The van der Waals surface area contributed by atoms with Gasteiger partial charge in [0.25, 0.3) is 5.91 Å². The van der Waals surface area contributed by atoms with E-state index in [1.54, 1.807) is 6.07 Å². The van der Waals surface area contributed by atoms with Gasteiger partial charge in [-0.15, -0.1) is 0 Å². The molecule has 0 fully saturated rings. The molecule has 3 nitrogen and oxygen atoms in total. The normalized spacial score (nSPS) is 17.0. The molecule has 7 heteroatoms. The molecule has 0 unspecified atom stereocenters. The number of hydrogen-bond acceptors (Lipinski definition) is 2. The first-order chi connectivity index (χ1) is 12.2. The van der Waals surface area contributed by atoms with Crippen molar-refractivity contribution in [1.29, 1.82) is 0 Å². The molecule has 26 heavy (non-hydrogen) atoms. The third-order valence-corrected chi connectivity index (χ3v) is 5.34. The van der Waals surface area contributed by atoms with Gasteiger partial charge in [-0.3, -0.25) is 9.69 Å². The van der Waals surface area contributed by atoms with Gasteiger partial charge in [0.1, 0.15) is 0 Å². The lowest BCUT2D eigenvalue weighted by molar-refractivity contribution is -0.138. The van der Waals surface area contributed by atoms with Gasteiger partial charge in [-0.25, -0.2) is 0 Å². The van der Waals surface area contributed by atoms with Crippen LogP contribution in [0.4, 0.5) is 13.2 Å². The maximum atomic E-state index is 13.5. The maximum absolute atomic E-state index is 13.5. The highest BCUT2D eigenvalue weighted by Crippen LogP contribution is 2.38. The lowest BCUT2D eigenvalue weighted by Gasteiger charge is -2.18. The second-order valence-electron chi connectivity index (χ2n) is 6.85. The molecule has 0 atom stereocenters. The number of alkyl halides is 3. The fourth-order valence-electron chi connectivity index (χ4n) is 3.77. The summed E-state index contributed by atoms with van der Waals surface area (Å²) in [6.07, 6.45) is -4.48. The highest BCUT2D eigenvalue weighted by Gasteiger charge is 2.39. The van der Waals surface area contributed by atoms with E-state index in [2.05, 4.69) is 0 Å². The minimum atomic E-state index is -4.48. The van der Waals surface area contributed by atoms with E-state index in [9.17, 15) is 18.0 Å². The van der Waals surface area contributed by atoms with Crippen molar-refractivity contribution in [3.63, 3.8) is 0 Å². The van der Waals surface area contributed by atoms with Crippen LogP contribution in [0, 0.1) is 0 Å². The van der Waals surface area contributed by atoms with Gasteiger partial charge in [-0.2, -0.15) is 13.2 Å². The second-order valence-corrected chi connectivity index (χ2v) is 7.26. The zero-order valence-corrected chi connectivity index (χ0v) is 14.8. The average Bonchev–Trinajstić information content (AvgIpc) is 3.09. The third-order valence-electron chi connectivity index (χ3n) is 4.99. The minimum absolute atomic E-state index is 0.00590. The number of benzene rings is 2. The number of nitrogens with zero attached hydrogens (tertiary/aromatic N) is 2. The van der Waals surface area contributed by atoms with Gasteiger partial charge >= 0.3 is 6.18 Å². The maximum Gasteiger partial charge on any atom is 0.416 e. The fraction of sp³-hybridized carbons (Fsp3) is 0.316. The van der Waals surface area contributed by atoms with Gasteiger partial charge in [-0.1, -0.05) is 23.7 Å². The summed E-state index contributed by atoms with van der Waals surface area (Å²) in [6, 6.07) is 8.44. The molecule has 0 saturated heterocycles. The molecular formula is C19H16ClF3N2O. The molecule has 2 aromatic carbocycles. The van der Waals surface area contributed by atoms with Crippen LogP contribution in [0.1, 0.15) is 38.2 Å². The Hall–Kier alpha value is -2.05. The Kier molecular flexibility index (Phi) is 4.00. The van der Waals surface area contributed by atoms with Crippen LogP contribution < -0.4 is 0 Å². The Morgan fingerprint density at radius 3 is 2.58 bits per heavy atom. The summed E-state index contributed by atoms with van der Waals surface area (Å²) in [6.45, 7) is 1.54. The van der Waals surface area contributed by atoms with E-state index in [0.717, 1.165) is 11.1 Å². The Morgan fingerprint density at radius 1 is 1.12 bits per heavy atom. The van der Waals surface area contributed by atoms with Crippen LogP contribution in [0.15, 0.2) is 30.3 Å². The van der Waals surface area contributed by atoms with Crippen molar-refractivity contribution in [2.75, 3.05) is 7.05 Å². The predicted molar refractivity (Wildman–Crippen MR) is 91.6 cm³/mol. The molecule has 136 valence electrons. The lowest BCUT2D eigenvalue weighted by Crippen LogP contribution is -2.18. The van der Waals surface area contributed by atoms with Crippen molar-refractivity contribution < 1.29 is 18.0 Å². The summed E-state index contributed by atoms with van der Waals surface area (Å²) in [7, 11) is 1.52. The molecule has 0 bridgehead atoms. The van der Waals surface area contributed by atoms with Crippen molar-refractivity contribution in [3.05, 3.63) is 68.7 Å². The van der Waals surface area contributed by atoms with Gasteiger partial charge in [0.05, 0.1) is 5.56 Å². The van der Waals surface area contributed by atoms with E-state index in [1.165, 1.54) is 18.0 Å². The zero-order valence-electron chi connectivity index (χ0n) is 14.0. The molecule has 0 saturated carbocycles. The van der Waals surface area contributed by atoms with Crippen molar-refractivity contribution in [3.8, 4) is 0 Å². The van der Waals surface area contributed by atoms with Crippen LogP contribution in [0.3, 0.4) is 0 Å². The Bertz CT molecular complexity index is 910. The monoisotopic (exact) mass is 380 g/mol. The summed E-state index contributed by atoms with van der Waals surface area (Å²) in [4.78, 5) is 15.6. The van der Waals surface area contributed by atoms with Gasteiger partial charge < -0.3 is 4.90 Å². The Balaban J connectivity index is 1.67. The smallest absolute Gasteiger partial charge is 0.337 e. The Morgan fingerprint density at radius 2 is 1.88 bits per heavy atom. The van der Waals surface area contributed by atoms with E-state index >= 15 is 0 Å². The van der Waals surface area contributed by atoms with Crippen LogP contribution in [0.25, 0.3) is 0 Å². The van der Waals surface area contributed by atoms with Crippen LogP contribution in [0.2, 0.25) is 5.02 Å². The van der Waals surface area contributed by atoms with Gasteiger partial charge in [0, 0.05) is 43.8 Å². The highest BCUT2D eigenvalue weighted by molar-refractivity contribution is 6.31. The molecule has 0 spiro atoms. The topological polar surface area (TPSA) is 23.6 Å². The quantitative estimate of drug-likeness (QED) is 0.768. The van der Waals surface area contributed by atoms with Crippen LogP contribution in [-0.4, -0.2) is 22.8 Å². The van der Waals surface area contributed by atoms with E-state index in [0.29, 0.717) is 30.2 Å². The molecule has 2 aromatic rings. The van der Waals surface area contributed by atoms with Crippen molar-refractivity contribution in [2.45, 2.75) is 32.4 Å². The molecule has 4 rings (SSSR count). The minimum Gasteiger partial charge on any atom is -0.337 e. The van der Waals surface area contributed by atoms with Gasteiger partial charge in [0.2, 0.25) is 0 Å². The van der Waals surface area contributed by atoms with Gasteiger partial charge in [0.15, 0.2) is 0 Å². The van der Waals surface area contributed by atoms with Crippen LogP contribution in [-0.2, 0) is 32.4 Å². The summed E-state index contributed by atoms with van der Waals surface area (Å²) < 4.78 is 40.5. The fourth-order valence-corrected chi connectivity index (χ4v) is 4.02. The van der Waals surface area contributed by atoms with E-state index < -0.39 is 11.7 Å². The number of hydrogen-bond donors (Lipinski definition) is 0. The standard InChI is InChI=1S/C19H16ClF3N2O/c1-24-9-15-13(18(24)26)5-11(6-16(15)19(21,22)23)7-25-8-12-3-2-4-17(20)14(12)10-25/h2-6H,7-10H2,1H3. The summed E-state index contributed by atoms with van der Waals surface area (Å²) in [5.74, 6) is -0.361. The molecule has 0 aromatic heterocycles. The first kappa shape index (κ1) is 17.4. The second kappa shape index (κ2) is 5.99. The van der Waals surface area contributed by atoms with Gasteiger partial charge in [-0.05, 0) is 40.5 Å². The van der Waals surface area contributed by atoms with Crippen molar-refractivity contribution in [2.24, 2.45) is 0 Å². The van der Waals surface area contributed by atoms with E-state index in [4.69, 9.17) is 11.6 Å². The number of carbonyl (C=O) groups is 1. The van der Waals surface area contributed by atoms with Crippen molar-refractivity contribution >= 4 is 17.5 Å². The largest absolute Gasteiger partial charge is 0.416 e. The third kappa shape index (κ3) is 2.87. The number of carbonyl (C=O) groups excluding carboxylic acids is 1. The number of amides is 1. The van der Waals surface area contributed by atoms with Crippen LogP contribution >= 0.6 is 11.6 Å². The summed E-state index contributed by atoms with van der Waals surface area (Å²) >= 11 is 6.21. The van der Waals surface area contributed by atoms with Crippen LogP contribution in [0.5, 0.6) is 0 Å². The first-order valence-electron chi connectivity index (χ1n) is 8.21. The Labute approximate surface area is 154 Å². The molecular weight excluding hydrogens is 365 g/mol. The summed E-state index contributed by atoms with van der Waals surface area (Å²) in [5.41, 5.74) is 2.11. The molecule has 2 aliphatic heterocycles. The average molecular weight is 381 g/mol. The summed E-state index contributed by atoms with van der Waals surface area (Å²) in [5, 5.41) is 0.673. The van der Waals surface area contributed by atoms with Crippen molar-refractivity contribution in [1.82, 2.24) is 9.80 Å². The first-order valence-corrected chi connectivity index (χ1v) is 8.59. The zero-order chi connectivity index (χ0) is 18.6. The number of halogens is 4. The van der Waals surface area contributed by atoms with E-state index in [1.807, 2.05) is 23.1 Å². The molecule has 0 radical (unpaired) electrons. The molecule has 2 aliphatic rings. The highest BCUT2D eigenvalue weighted by atomic mass is 35.5. The molecule has 1 amide bonds. The molecule has 0 N–H and O–H groups in total. The molecule has 0 aliphatic carbocycles. The van der Waals surface area contributed by atoms with E-state index in [-0.39, 0.29) is 23.6 Å². The number of fused-ring (bicyclic) bond motifs is 2. The lowest BCUT2D eigenvalue weighted by atomic mass is 9.98. The molecule has 2 heterocycles. The SMILES string of the molecule is CN1Cc2c(cc(CN3Cc4cccc(Cl)c4C3)cc2C(F)(F)F)C1=O. The number of rotatable bonds is 2.